The zero-order valence-electron chi connectivity index (χ0n) is 10.2. The van der Waals surface area contributed by atoms with Crippen LogP contribution in [0.25, 0.3) is 10.8 Å². The Morgan fingerprint density at radius 3 is 2.72 bits per heavy atom. The Morgan fingerprint density at radius 2 is 2.06 bits per heavy atom. The minimum Gasteiger partial charge on any atom is -0.495 e. The summed E-state index contributed by atoms with van der Waals surface area (Å²) in [5.74, 6) is 0.132. The predicted molar refractivity (Wildman–Crippen MR) is 74.2 cm³/mol. The third kappa shape index (κ3) is 2.20. The first-order valence-electron chi connectivity index (χ1n) is 5.61. The van der Waals surface area contributed by atoms with Crippen LogP contribution < -0.4 is 4.74 Å². The molecule has 2 aromatic carbocycles. The lowest BCUT2D eigenvalue weighted by molar-refractivity contribution is 0.0523. The summed E-state index contributed by atoms with van der Waals surface area (Å²) >= 11 is 3.48. The lowest BCUT2D eigenvalue weighted by atomic mass is 10.1. The van der Waals surface area contributed by atoms with Crippen molar-refractivity contribution in [1.82, 2.24) is 0 Å². The summed E-state index contributed by atoms with van der Waals surface area (Å²) in [6.45, 7) is 2.12. The van der Waals surface area contributed by atoms with Gasteiger partial charge in [-0.1, -0.05) is 24.3 Å². The molecule has 0 saturated carbocycles. The van der Waals surface area contributed by atoms with Gasteiger partial charge in [-0.25, -0.2) is 4.79 Å². The second-order valence-electron chi connectivity index (χ2n) is 3.71. The summed E-state index contributed by atoms with van der Waals surface area (Å²) in [5.41, 5.74) is 0.435. The Kier molecular flexibility index (Phi) is 3.87. The van der Waals surface area contributed by atoms with E-state index in [1.807, 2.05) is 24.3 Å². The van der Waals surface area contributed by atoms with Gasteiger partial charge in [0.25, 0.3) is 0 Å². The maximum Gasteiger partial charge on any atom is 0.341 e. The van der Waals surface area contributed by atoms with E-state index in [1.165, 1.54) is 7.11 Å². The fourth-order valence-electron chi connectivity index (χ4n) is 1.84. The lowest BCUT2D eigenvalue weighted by Crippen LogP contribution is -2.07. The molecule has 0 fully saturated rings. The number of esters is 1. The van der Waals surface area contributed by atoms with E-state index in [0.717, 1.165) is 15.2 Å². The van der Waals surface area contributed by atoms with Crippen LogP contribution in [0.5, 0.6) is 5.75 Å². The monoisotopic (exact) mass is 308 g/mol. The Balaban J connectivity index is 2.68. The molecule has 0 atom stereocenters. The van der Waals surface area contributed by atoms with Crippen LogP contribution in [-0.4, -0.2) is 19.7 Å². The summed E-state index contributed by atoms with van der Waals surface area (Å²) in [7, 11) is 1.54. The Bertz CT molecular complexity index is 593. The van der Waals surface area contributed by atoms with Gasteiger partial charge in [-0.05, 0) is 39.7 Å². The maximum absolute atomic E-state index is 11.9. The molecule has 0 N–H and O–H groups in total. The minimum absolute atomic E-state index is 0.340. The van der Waals surface area contributed by atoms with Gasteiger partial charge in [0.2, 0.25) is 0 Å². The topological polar surface area (TPSA) is 35.5 Å². The fraction of sp³-hybridized carbons (Fsp3) is 0.214. The molecule has 0 aliphatic heterocycles. The van der Waals surface area contributed by atoms with Crippen LogP contribution in [0.3, 0.4) is 0 Å². The second-order valence-corrected chi connectivity index (χ2v) is 4.51. The first kappa shape index (κ1) is 12.9. The van der Waals surface area contributed by atoms with Crippen LogP contribution in [0.4, 0.5) is 0 Å². The standard InChI is InChI=1S/C14H13BrO3/c1-3-18-14(16)11-8-9-6-4-5-7-10(9)12(15)13(11)17-2/h4-8H,3H2,1-2H3. The van der Waals surface area contributed by atoms with Gasteiger partial charge in [0.1, 0.15) is 11.3 Å². The summed E-state index contributed by atoms with van der Waals surface area (Å²) in [6, 6.07) is 9.57. The van der Waals surface area contributed by atoms with E-state index in [-0.39, 0.29) is 5.97 Å². The molecule has 0 saturated heterocycles. The normalized spacial score (nSPS) is 10.4. The van der Waals surface area contributed by atoms with E-state index < -0.39 is 0 Å². The highest BCUT2D eigenvalue weighted by atomic mass is 79.9. The molecule has 0 amide bonds. The molecular weight excluding hydrogens is 296 g/mol. The average Bonchev–Trinajstić information content (AvgIpc) is 2.39. The third-order valence-corrected chi connectivity index (χ3v) is 3.43. The number of benzene rings is 2. The van der Waals surface area contributed by atoms with Crippen LogP contribution in [0, 0.1) is 0 Å². The molecule has 0 radical (unpaired) electrons. The summed E-state index contributed by atoms with van der Waals surface area (Å²) in [5, 5.41) is 1.97. The number of hydrogen-bond acceptors (Lipinski definition) is 3. The van der Waals surface area contributed by atoms with E-state index in [1.54, 1.807) is 13.0 Å². The number of carbonyl (C=O) groups is 1. The Morgan fingerprint density at radius 1 is 1.33 bits per heavy atom. The van der Waals surface area contributed by atoms with Crippen molar-refractivity contribution in [2.45, 2.75) is 6.92 Å². The Labute approximate surface area is 114 Å². The largest absolute Gasteiger partial charge is 0.495 e. The van der Waals surface area contributed by atoms with Gasteiger partial charge >= 0.3 is 5.97 Å². The van der Waals surface area contributed by atoms with Crippen molar-refractivity contribution in [3.63, 3.8) is 0 Å². The van der Waals surface area contributed by atoms with Gasteiger partial charge in [-0.2, -0.15) is 0 Å². The van der Waals surface area contributed by atoms with Crippen molar-refractivity contribution in [3.8, 4) is 5.75 Å². The van der Waals surface area contributed by atoms with Gasteiger partial charge in [-0.15, -0.1) is 0 Å². The van der Waals surface area contributed by atoms with E-state index in [9.17, 15) is 4.79 Å². The number of carbonyl (C=O) groups excluding carboxylic acids is 1. The van der Waals surface area contributed by atoms with Crippen molar-refractivity contribution in [1.29, 1.82) is 0 Å². The molecule has 2 aromatic rings. The molecule has 0 unspecified atom stereocenters. The number of fused-ring (bicyclic) bond motifs is 1. The minimum atomic E-state index is -0.374. The van der Waals surface area contributed by atoms with Crippen LogP contribution in [0.2, 0.25) is 0 Å². The van der Waals surface area contributed by atoms with E-state index in [4.69, 9.17) is 9.47 Å². The molecule has 0 spiro atoms. The summed E-state index contributed by atoms with van der Waals surface area (Å²) in [4.78, 5) is 11.9. The molecule has 0 aliphatic carbocycles. The van der Waals surface area contributed by atoms with Crippen LogP contribution in [0.15, 0.2) is 34.8 Å². The molecule has 3 nitrogen and oxygen atoms in total. The van der Waals surface area contributed by atoms with Crippen LogP contribution in [-0.2, 0) is 4.74 Å². The van der Waals surface area contributed by atoms with E-state index in [0.29, 0.717) is 17.9 Å². The van der Waals surface area contributed by atoms with Gasteiger partial charge in [0.15, 0.2) is 0 Å². The molecule has 18 heavy (non-hydrogen) atoms. The zero-order chi connectivity index (χ0) is 13.1. The van der Waals surface area contributed by atoms with E-state index in [2.05, 4.69) is 15.9 Å². The predicted octanol–water partition coefficient (Wildman–Crippen LogP) is 3.79. The van der Waals surface area contributed by atoms with Gasteiger partial charge in [0.05, 0.1) is 18.2 Å². The molecule has 0 heterocycles. The molecule has 2 rings (SSSR count). The third-order valence-electron chi connectivity index (χ3n) is 2.64. The molecule has 94 valence electrons. The van der Waals surface area contributed by atoms with Crippen molar-refractivity contribution in [2.75, 3.05) is 13.7 Å². The summed E-state index contributed by atoms with van der Waals surface area (Å²) in [6.07, 6.45) is 0. The zero-order valence-corrected chi connectivity index (χ0v) is 11.8. The maximum atomic E-state index is 11.9. The highest BCUT2D eigenvalue weighted by Crippen LogP contribution is 2.36. The van der Waals surface area contributed by atoms with Crippen molar-refractivity contribution in [2.24, 2.45) is 0 Å². The molecular formula is C14H13BrO3. The second kappa shape index (κ2) is 5.40. The van der Waals surface area contributed by atoms with Crippen LogP contribution >= 0.6 is 15.9 Å². The number of halogens is 1. The van der Waals surface area contributed by atoms with Gasteiger partial charge in [-0.3, -0.25) is 0 Å². The quantitative estimate of drug-likeness (QED) is 0.809. The smallest absolute Gasteiger partial charge is 0.341 e. The number of ether oxygens (including phenoxy) is 2. The highest BCUT2D eigenvalue weighted by Gasteiger charge is 2.18. The number of methoxy groups -OCH3 is 1. The van der Waals surface area contributed by atoms with Crippen LogP contribution in [0.1, 0.15) is 17.3 Å². The first-order chi connectivity index (χ1) is 8.69. The fourth-order valence-corrected chi connectivity index (χ4v) is 2.58. The summed E-state index contributed by atoms with van der Waals surface area (Å²) < 4.78 is 11.1. The van der Waals surface area contributed by atoms with Crippen molar-refractivity contribution < 1.29 is 14.3 Å². The molecule has 4 heteroatoms. The lowest BCUT2D eigenvalue weighted by Gasteiger charge is -2.12. The highest BCUT2D eigenvalue weighted by molar-refractivity contribution is 9.10. The van der Waals surface area contributed by atoms with Gasteiger partial charge < -0.3 is 9.47 Å². The molecule has 0 aliphatic rings. The Hall–Kier alpha value is -1.55. The first-order valence-corrected chi connectivity index (χ1v) is 6.40. The average molecular weight is 309 g/mol. The van der Waals surface area contributed by atoms with Crippen molar-refractivity contribution >= 4 is 32.7 Å². The van der Waals surface area contributed by atoms with Crippen molar-refractivity contribution in [3.05, 3.63) is 40.4 Å². The van der Waals surface area contributed by atoms with Gasteiger partial charge in [0, 0.05) is 0 Å². The molecule has 0 aromatic heterocycles. The van der Waals surface area contributed by atoms with E-state index >= 15 is 0 Å². The number of hydrogen-bond donors (Lipinski definition) is 0. The SMILES string of the molecule is CCOC(=O)c1cc2ccccc2c(Br)c1OC. The number of rotatable bonds is 3. The molecule has 0 bridgehead atoms.